The van der Waals surface area contributed by atoms with Crippen molar-refractivity contribution in [2.45, 2.75) is 0 Å². The molecule has 2 saturated heterocycles. The van der Waals surface area contributed by atoms with E-state index in [-0.39, 0.29) is 16.4 Å². The largest absolute Gasteiger partial charge is 0.368 e. The van der Waals surface area contributed by atoms with Gasteiger partial charge >= 0.3 is 0 Å². The van der Waals surface area contributed by atoms with E-state index in [0.29, 0.717) is 5.02 Å². The summed E-state index contributed by atoms with van der Waals surface area (Å²) < 4.78 is 12.4. The molecule has 0 atom stereocenters. The van der Waals surface area contributed by atoms with Crippen LogP contribution in [0, 0.1) is 26.0 Å². The minimum absolute atomic E-state index is 0.0351. The molecule has 0 radical (unpaired) electrons. The monoisotopic (exact) mass is 530 g/mol. The number of benzene rings is 2. The van der Waals surface area contributed by atoms with Crippen LogP contribution in [0.4, 0.5) is 21.5 Å². The number of nitro benzene ring substituents is 2. The molecule has 1 N–H and O–H groups in total. The molecule has 0 spiro atoms. The highest BCUT2D eigenvalue weighted by Gasteiger charge is 2.18. The third-order valence-electron chi connectivity index (χ3n) is 5.44. The van der Waals surface area contributed by atoms with Gasteiger partial charge in [0.25, 0.3) is 11.4 Å². The van der Waals surface area contributed by atoms with Crippen molar-refractivity contribution in [1.29, 1.82) is 0 Å². The summed E-state index contributed by atoms with van der Waals surface area (Å²) in [6.45, 7) is 8.50. The Labute approximate surface area is 213 Å². The fraction of sp³-hybridized carbons (Fsp3) is 0.455. The van der Waals surface area contributed by atoms with Crippen molar-refractivity contribution in [2.75, 3.05) is 71.4 Å². The number of hydrogen-bond acceptors (Lipinski definition) is 8. The van der Waals surface area contributed by atoms with Gasteiger partial charge in [-0.05, 0) is 26.2 Å². The molecule has 0 aromatic heterocycles. The van der Waals surface area contributed by atoms with E-state index in [2.05, 4.69) is 34.1 Å². The van der Waals surface area contributed by atoms with Gasteiger partial charge in [-0.1, -0.05) is 23.2 Å². The van der Waals surface area contributed by atoms with Crippen molar-refractivity contribution in [3.05, 3.63) is 72.5 Å². The van der Waals surface area contributed by atoms with Crippen molar-refractivity contribution >= 4 is 40.3 Å². The topological polar surface area (TPSA) is 108 Å². The molecule has 10 nitrogen and oxygen atoms in total. The number of rotatable bonds is 3. The number of anilines is 1. The second-order valence-electron chi connectivity index (χ2n) is 8.09. The lowest BCUT2D eigenvalue weighted by Gasteiger charge is -2.34. The molecule has 2 aliphatic rings. The summed E-state index contributed by atoms with van der Waals surface area (Å²) in [4.78, 5) is 26.4. The average molecular weight is 531 g/mol. The second-order valence-corrected chi connectivity index (χ2v) is 8.91. The van der Waals surface area contributed by atoms with E-state index in [0.717, 1.165) is 63.2 Å². The maximum atomic E-state index is 12.4. The molecule has 0 saturated carbocycles. The van der Waals surface area contributed by atoms with Crippen molar-refractivity contribution < 1.29 is 14.2 Å². The van der Waals surface area contributed by atoms with Crippen molar-refractivity contribution in [1.82, 2.24) is 15.1 Å². The fourth-order valence-electron chi connectivity index (χ4n) is 3.29. The molecule has 192 valence electrons. The standard InChI is InChI=1S/C11H14ClN3O2.C6H3ClFNO2.C5H12N2/c1-13-4-6-14(7-5-13)11-3-2-9(15(16)17)8-10(11)12;7-5-3-4(9(10)11)1-2-6(5)8;1-7-4-2-6-3-5-7/h2-3,8H,4-7H2,1H3;1-3H;6H,2-5H2,1H3. The van der Waals surface area contributed by atoms with E-state index in [1.165, 1.54) is 25.2 Å². The zero-order chi connectivity index (χ0) is 26.0. The number of nitrogens with zero attached hydrogens (tertiary/aromatic N) is 5. The van der Waals surface area contributed by atoms with E-state index in [9.17, 15) is 24.6 Å². The molecule has 0 amide bonds. The summed E-state index contributed by atoms with van der Waals surface area (Å²) in [6, 6.07) is 7.62. The summed E-state index contributed by atoms with van der Waals surface area (Å²) in [5, 5.41) is 24.2. The van der Waals surface area contributed by atoms with Crippen LogP contribution in [0.15, 0.2) is 36.4 Å². The lowest BCUT2D eigenvalue weighted by atomic mass is 10.2. The molecule has 2 fully saturated rings. The molecule has 0 bridgehead atoms. The van der Waals surface area contributed by atoms with E-state index in [4.69, 9.17) is 23.2 Å². The van der Waals surface area contributed by atoms with Crippen LogP contribution in [0.5, 0.6) is 0 Å². The smallest absolute Gasteiger partial charge is 0.271 e. The van der Waals surface area contributed by atoms with E-state index in [1.54, 1.807) is 6.07 Å². The Bertz CT molecular complexity index is 1000. The maximum Gasteiger partial charge on any atom is 0.271 e. The molecule has 2 aliphatic heterocycles. The van der Waals surface area contributed by atoms with Crippen LogP contribution in [0.2, 0.25) is 10.0 Å². The minimum Gasteiger partial charge on any atom is -0.368 e. The molecular formula is C22H29Cl2FN6O4. The lowest BCUT2D eigenvalue weighted by molar-refractivity contribution is -0.385. The summed E-state index contributed by atoms with van der Waals surface area (Å²) in [7, 11) is 4.23. The number of nitrogens with one attached hydrogen (secondary N) is 1. The van der Waals surface area contributed by atoms with Crippen LogP contribution in [0.1, 0.15) is 0 Å². The van der Waals surface area contributed by atoms with Gasteiger partial charge in [-0.2, -0.15) is 0 Å². The maximum absolute atomic E-state index is 12.4. The first-order valence-electron chi connectivity index (χ1n) is 10.9. The average Bonchev–Trinajstić information content (AvgIpc) is 2.82. The van der Waals surface area contributed by atoms with Gasteiger partial charge in [0.2, 0.25) is 0 Å². The van der Waals surface area contributed by atoms with Crippen molar-refractivity contribution in [3.63, 3.8) is 0 Å². The summed E-state index contributed by atoms with van der Waals surface area (Å²) >= 11 is 11.4. The minimum atomic E-state index is -0.655. The molecule has 13 heteroatoms. The Hall–Kier alpha value is -2.57. The van der Waals surface area contributed by atoms with E-state index >= 15 is 0 Å². The molecule has 2 aromatic rings. The normalized spacial score (nSPS) is 16.4. The molecule has 2 heterocycles. The number of non-ortho nitro benzene ring substituents is 2. The van der Waals surface area contributed by atoms with Crippen LogP contribution < -0.4 is 10.2 Å². The zero-order valence-electron chi connectivity index (χ0n) is 19.6. The van der Waals surface area contributed by atoms with Crippen LogP contribution in [-0.2, 0) is 0 Å². The second kappa shape index (κ2) is 14.1. The first-order valence-corrected chi connectivity index (χ1v) is 11.7. The van der Waals surface area contributed by atoms with Gasteiger partial charge in [0.1, 0.15) is 5.82 Å². The third-order valence-corrected chi connectivity index (χ3v) is 6.03. The molecular weight excluding hydrogens is 502 g/mol. The number of hydrogen-bond donors (Lipinski definition) is 1. The van der Waals surface area contributed by atoms with Crippen LogP contribution in [0.25, 0.3) is 0 Å². The molecule has 4 rings (SSSR count). The van der Waals surface area contributed by atoms with Gasteiger partial charge in [0, 0.05) is 76.6 Å². The van der Waals surface area contributed by atoms with Crippen LogP contribution in [-0.4, -0.2) is 86.1 Å². The fourth-order valence-corrected chi connectivity index (χ4v) is 3.76. The lowest BCUT2D eigenvalue weighted by Crippen LogP contribution is -2.44. The Morgan fingerprint density at radius 2 is 1.29 bits per heavy atom. The van der Waals surface area contributed by atoms with Crippen molar-refractivity contribution in [3.8, 4) is 0 Å². The highest BCUT2D eigenvalue weighted by Crippen LogP contribution is 2.30. The predicted octanol–water partition coefficient (Wildman–Crippen LogP) is 3.91. The first kappa shape index (κ1) is 28.7. The van der Waals surface area contributed by atoms with Crippen molar-refractivity contribution in [2.24, 2.45) is 0 Å². The Morgan fingerprint density at radius 1 is 0.800 bits per heavy atom. The quantitative estimate of drug-likeness (QED) is 0.470. The van der Waals surface area contributed by atoms with E-state index < -0.39 is 15.7 Å². The highest BCUT2D eigenvalue weighted by molar-refractivity contribution is 6.33. The Balaban J connectivity index is 0.000000205. The summed E-state index contributed by atoms with van der Waals surface area (Å²) in [5.41, 5.74) is 0.703. The third kappa shape index (κ3) is 9.54. The van der Waals surface area contributed by atoms with E-state index in [1.807, 2.05) is 0 Å². The van der Waals surface area contributed by atoms with Crippen LogP contribution >= 0.6 is 23.2 Å². The molecule has 35 heavy (non-hydrogen) atoms. The molecule has 0 aliphatic carbocycles. The van der Waals surface area contributed by atoms with Crippen LogP contribution in [0.3, 0.4) is 0 Å². The summed E-state index contributed by atoms with van der Waals surface area (Å²) in [6.07, 6.45) is 0. The Kier molecular flexibility index (Phi) is 11.5. The highest BCUT2D eigenvalue weighted by atomic mass is 35.5. The number of likely N-dealkylation sites (N-methyl/N-ethyl adjacent to an activating group) is 2. The zero-order valence-corrected chi connectivity index (χ0v) is 21.1. The first-order chi connectivity index (χ1) is 16.6. The predicted molar refractivity (Wildman–Crippen MR) is 136 cm³/mol. The van der Waals surface area contributed by atoms with Gasteiger partial charge < -0.3 is 20.0 Å². The molecule has 2 aromatic carbocycles. The van der Waals surface area contributed by atoms with Gasteiger partial charge in [0.05, 0.1) is 25.6 Å². The number of piperazine rings is 2. The Morgan fingerprint density at radius 3 is 1.71 bits per heavy atom. The number of nitro groups is 2. The van der Waals surface area contributed by atoms with Gasteiger partial charge in [-0.25, -0.2) is 4.39 Å². The SMILES string of the molecule is CN1CCN(c2ccc([N+](=O)[O-])cc2Cl)CC1.CN1CCNCC1.O=[N+]([O-])c1ccc(F)c(Cl)c1. The van der Waals surface area contributed by atoms with Gasteiger partial charge in [-0.15, -0.1) is 0 Å². The summed E-state index contributed by atoms with van der Waals surface area (Å²) in [5.74, 6) is -0.655. The van der Waals surface area contributed by atoms with Gasteiger partial charge in [-0.3, -0.25) is 20.2 Å². The molecule has 0 unspecified atom stereocenters. The van der Waals surface area contributed by atoms with Gasteiger partial charge in [0.15, 0.2) is 0 Å². The number of halogens is 3.